The SMILES string of the molecule is CNC(c1ccc(C)c(Br)c1)C(C)(C)C. The Morgan fingerprint density at radius 2 is 1.87 bits per heavy atom. The maximum atomic E-state index is 3.58. The fourth-order valence-corrected chi connectivity index (χ4v) is 2.28. The maximum absolute atomic E-state index is 3.58. The van der Waals surface area contributed by atoms with Gasteiger partial charge in [0.1, 0.15) is 0 Å². The molecule has 0 spiro atoms. The molecule has 1 rings (SSSR count). The van der Waals surface area contributed by atoms with E-state index in [1.165, 1.54) is 15.6 Å². The molecule has 0 aliphatic carbocycles. The molecular weight excluding hydrogens is 250 g/mol. The average Bonchev–Trinajstić information content (AvgIpc) is 2.10. The molecule has 1 aromatic carbocycles. The van der Waals surface area contributed by atoms with E-state index in [-0.39, 0.29) is 5.41 Å². The average molecular weight is 270 g/mol. The minimum absolute atomic E-state index is 0.226. The summed E-state index contributed by atoms with van der Waals surface area (Å²) < 4.78 is 1.18. The summed E-state index contributed by atoms with van der Waals surface area (Å²) in [5, 5.41) is 3.38. The van der Waals surface area contributed by atoms with Gasteiger partial charge in [-0.15, -0.1) is 0 Å². The van der Waals surface area contributed by atoms with Gasteiger partial charge in [0.15, 0.2) is 0 Å². The molecule has 1 aromatic rings. The fourth-order valence-electron chi connectivity index (χ4n) is 1.89. The Labute approximate surface area is 101 Å². The van der Waals surface area contributed by atoms with E-state index in [4.69, 9.17) is 0 Å². The number of hydrogen-bond acceptors (Lipinski definition) is 1. The van der Waals surface area contributed by atoms with Crippen LogP contribution in [0.3, 0.4) is 0 Å². The van der Waals surface area contributed by atoms with Crippen LogP contribution in [0, 0.1) is 12.3 Å². The zero-order valence-corrected chi connectivity index (χ0v) is 11.8. The second kappa shape index (κ2) is 4.67. The van der Waals surface area contributed by atoms with Crippen molar-refractivity contribution in [3.63, 3.8) is 0 Å². The zero-order chi connectivity index (χ0) is 11.6. The highest BCUT2D eigenvalue weighted by Gasteiger charge is 2.24. The van der Waals surface area contributed by atoms with Gasteiger partial charge in [0, 0.05) is 10.5 Å². The molecule has 1 unspecified atom stereocenters. The molecule has 0 aliphatic heterocycles. The molecular formula is C13H20BrN. The van der Waals surface area contributed by atoms with Crippen LogP contribution in [0.25, 0.3) is 0 Å². The van der Waals surface area contributed by atoms with E-state index in [9.17, 15) is 0 Å². The first-order valence-electron chi connectivity index (χ1n) is 5.29. The van der Waals surface area contributed by atoms with Gasteiger partial charge in [0.2, 0.25) is 0 Å². The summed E-state index contributed by atoms with van der Waals surface area (Å²) in [6.07, 6.45) is 0. The summed E-state index contributed by atoms with van der Waals surface area (Å²) >= 11 is 3.58. The van der Waals surface area contributed by atoms with E-state index >= 15 is 0 Å². The van der Waals surface area contributed by atoms with Gasteiger partial charge in [0.25, 0.3) is 0 Å². The van der Waals surface area contributed by atoms with Crippen LogP contribution >= 0.6 is 15.9 Å². The fraction of sp³-hybridized carbons (Fsp3) is 0.538. The van der Waals surface area contributed by atoms with E-state index in [2.05, 4.69) is 67.1 Å². The number of rotatable bonds is 2. The topological polar surface area (TPSA) is 12.0 Å². The number of halogens is 1. The molecule has 0 heterocycles. The maximum Gasteiger partial charge on any atom is 0.0367 e. The van der Waals surface area contributed by atoms with E-state index in [1.54, 1.807) is 0 Å². The molecule has 0 saturated heterocycles. The van der Waals surface area contributed by atoms with Crippen molar-refractivity contribution < 1.29 is 0 Å². The first-order valence-corrected chi connectivity index (χ1v) is 6.09. The van der Waals surface area contributed by atoms with Crippen LogP contribution in [0.4, 0.5) is 0 Å². The zero-order valence-electron chi connectivity index (χ0n) is 10.2. The predicted molar refractivity (Wildman–Crippen MR) is 70.1 cm³/mol. The standard InChI is InChI=1S/C13H20BrN/c1-9-6-7-10(8-11(9)14)12(15-5)13(2,3)4/h6-8,12,15H,1-5H3. The third-order valence-electron chi connectivity index (χ3n) is 2.68. The Balaban J connectivity index is 3.08. The highest BCUT2D eigenvalue weighted by atomic mass is 79.9. The van der Waals surface area contributed by atoms with Crippen molar-refractivity contribution in [3.05, 3.63) is 33.8 Å². The van der Waals surface area contributed by atoms with Crippen molar-refractivity contribution in [1.82, 2.24) is 5.32 Å². The second-order valence-electron chi connectivity index (χ2n) is 5.10. The summed E-state index contributed by atoms with van der Waals surface area (Å²) in [6.45, 7) is 8.87. The molecule has 1 atom stereocenters. The lowest BCUT2D eigenvalue weighted by Gasteiger charge is -2.31. The summed E-state index contributed by atoms with van der Waals surface area (Å²) in [7, 11) is 2.02. The molecule has 84 valence electrons. The van der Waals surface area contributed by atoms with E-state index in [0.717, 1.165) is 0 Å². The van der Waals surface area contributed by atoms with Crippen LogP contribution in [-0.2, 0) is 0 Å². The van der Waals surface area contributed by atoms with Gasteiger partial charge >= 0.3 is 0 Å². The van der Waals surface area contributed by atoms with E-state index in [0.29, 0.717) is 6.04 Å². The van der Waals surface area contributed by atoms with Crippen LogP contribution in [0.15, 0.2) is 22.7 Å². The van der Waals surface area contributed by atoms with Crippen LogP contribution in [0.2, 0.25) is 0 Å². The van der Waals surface area contributed by atoms with E-state index in [1.807, 2.05) is 7.05 Å². The van der Waals surface area contributed by atoms with E-state index < -0.39 is 0 Å². The monoisotopic (exact) mass is 269 g/mol. The van der Waals surface area contributed by atoms with Gasteiger partial charge in [-0.25, -0.2) is 0 Å². The Morgan fingerprint density at radius 3 is 2.27 bits per heavy atom. The smallest absolute Gasteiger partial charge is 0.0367 e. The van der Waals surface area contributed by atoms with Crippen molar-refractivity contribution in [2.45, 2.75) is 33.7 Å². The summed E-state index contributed by atoms with van der Waals surface area (Å²) in [6, 6.07) is 6.96. The molecule has 0 fully saturated rings. The molecule has 0 aliphatic rings. The van der Waals surface area contributed by atoms with Crippen LogP contribution < -0.4 is 5.32 Å². The summed E-state index contributed by atoms with van der Waals surface area (Å²) in [4.78, 5) is 0. The predicted octanol–water partition coefficient (Wildman–Crippen LogP) is 4.06. The highest BCUT2D eigenvalue weighted by molar-refractivity contribution is 9.10. The molecule has 1 N–H and O–H groups in total. The normalized spacial score (nSPS) is 14.0. The molecule has 2 heteroatoms. The van der Waals surface area contributed by atoms with Crippen molar-refractivity contribution in [2.75, 3.05) is 7.05 Å². The summed E-state index contributed by atoms with van der Waals surface area (Å²) in [5.74, 6) is 0. The van der Waals surface area contributed by atoms with Gasteiger partial charge in [-0.3, -0.25) is 0 Å². The Hall–Kier alpha value is -0.340. The molecule has 0 aromatic heterocycles. The lowest BCUT2D eigenvalue weighted by atomic mass is 9.82. The molecule has 0 saturated carbocycles. The van der Waals surface area contributed by atoms with Crippen LogP contribution in [0.5, 0.6) is 0 Å². The molecule has 0 amide bonds. The largest absolute Gasteiger partial charge is 0.313 e. The number of benzene rings is 1. The number of hydrogen-bond donors (Lipinski definition) is 1. The quantitative estimate of drug-likeness (QED) is 0.854. The first-order chi connectivity index (χ1) is 6.86. The highest BCUT2D eigenvalue weighted by Crippen LogP contribution is 2.33. The van der Waals surface area contributed by atoms with Gasteiger partial charge < -0.3 is 5.32 Å². The Bertz CT molecular complexity index is 339. The third-order valence-corrected chi connectivity index (χ3v) is 3.54. The van der Waals surface area contributed by atoms with Gasteiger partial charge in [0.05, 0.1) is 0 Å². The summed E-state index contributed by atoms with van der Waals surface area (Å²) in [5.41, 5.74) is 2.84. The lowest BCUT2D eigenvalue weighted by Crippen LogP contribution is -2.29. The van der Waals surface area contributed by atoms with Crippen molar-refractivity contribution in [2.24, 2.45) is 5.41 Å². The lowest BCUT2D eigenvalue weighted by molar-refractivity contribution is 0.287. The Morgan fingerprint density at radius 1 is 1.27 bits per heavy atom. The van der Waals surface area contributed by atoms with Crippen molar-refractivity contribution in [3.8, 4) is 0 Å². The molecule has 0 bridgehead atoms. The first kappa shape index (κ1) is 12.7. The Kier molecular flexibility index (Phi) is 3.96. The van der Waals surface area contributed by atoms with Crippen LogP contribution in [0.1, 0.15) is 37.9 Å². The van der Waals surface area contributed by atoms with Gasteiger partial charge in [-0.05, 0) is 36.6 Å². The molecule has 1 nitrogen and oxygen atoms in total. The van der Waals surface area contributed by atoms with Crippen molar-refractivity contribution >= 4 is 15.9 Å². The van der Waals surface area contributed by atoms with Crippen LogP contribution in [-0.4, -0.2) is 7.05 Å². The van der Waals surface area contributed by atoms with Gasteiger partial charge in [-0.2, -0.15) is 0 Å². The minimum Gasteiger partial charge on any atom is -0.313 e. The third kappa shape index (κ3) is 3.05. The number of aryl methyl sites for hydroxylation is 1. The second-order valence-corrected chi connectivity index (χ2v) is 5.95. The molecule has 15 heavy (non-hydrogen) atoms. The number of nitrogens with one attached hydrogen (secondary N) is 1. The molecule has 0 radical (unpaired) electrons. The van der Waals surface area contributed by atoms with Crippen molar-refractivity contribution in [1.29, 1.82) is 0 Å². The minimum atomic E-state index is 0.226. The van der Waals surface area contributed by atoms with Gasteiger partial charge in [-0.1, -0.05) is 48.8 Å².